The van der Waals surface area contributed by atoms with Gasteiger partial charge in [-0.1, -0.05) is 67.6 Å². The second kappa shape index (κ2) is 12.2. The molecule has 0 radical (unpaired) electrons. The molecule has 5 rings (SSSR count). The zero-order valence-corrected chi connectivity index (χ0v) is 24.1. The van der Waals surface area contributed by atoms with Crippen LogP contribution in [0.4, 0.5) is 10.5 Å². The van der Waals surface area contributed by atoms with Crippen LogP contribution in [-0.4, -0.2) is 70.3 Å². The van der Waals surface area contributed by atoms with Crippen molar-refractivity contribution in [3.05, 3.63) is 90.1 Å². The molecule has 0 fully saturated rings. The number of anilines is 1. The lowest BCUT2D eigenvalue weighted by molar-refractivity contribution is -0.0179. The molecule has 4 aromatic rings. The van der Waals surface area contributed by atoms with Crippen molar-refractivity contribution in [1.82, 2.24) is 14.4 Å². The summed E-state index contributed by atoms with van der Waals surface area (Å²) in [4.78, 5) is 30.8. The van der Waals surface area contributed by atoms with Crippen LogP contribution in [0.1, 0.15) is 29.9 Å². The minimum atomic E-state index is -0.411. The molecule has 3 amide bonds. The number of likely N-dealkylation sites (N-methyl/N-ethyl adjacent to an activating group) is 1. The molecule has 8 nitrogen and oxygen atoms in total. The number of aliphatic hydroxyl groups excluding tert-OH is 1. The molecular formula is C33H38N4O4. The first kappa shape index (κ1) is 28.4. The van der Waals surface area contributed by atoms with Crippen molar-refractivity contribution in [3.8, 4) is 11.1 Å². The number of hydrogen-bond donors (Lipinski definition) is 2. The molecule has 0 aliphatic carbocycles. The molecule has 2 N–H and O–H groups in total. The van der Waals surface area contributed by atoms with Gasteiger partial charge < -0.3 is 29.5 Å². The number of fused-ring (bicyclic) bond motifs is 5. The van der Waals surface area contributed by atoms with E-state index in [0.717, 1.165) is 27.6 Å². The van der Waals surface area contributed by atoms with E-state index >= 15 is 0 Å². The largest absolute Gasteiger partial charge is 0.394 e. The zero-order valence-electron chi connectivity index (χ0n) is 24.1. The fourth-order valence-corrected chi connectivity index (χ4v) is 5.62. The summed E-state index contributed by atoms with van der Waals surface area (Å²) in [7, 11) is 3.67. The number of amides is 3. The van der Waals surface area contributed by atoms with Crippen molar-refractivity contribution in [2.45, 2.75) is 32.6 Å². The van der Waals surface area contributed by atoms with Crippen LogP contribution in [0.15, 0.2) is 78.9 Å². The van der Waals surface area contributed by atoms with Gasteiger partial charge in [0.2, 0.25) is 0 Å². The highest BCUT2D eigenvalue weighted by Crippen LogP contribution is 2.38. The average molecular weight is 555 g/mol. The number of aromatic nitrogens is 1. The minimum Gasteiger partial charge on any atom is -0.394 e. The first-order valence-electron chi connectivity index (χ1n) is 14.1. The van der Waals surface area contributed by atoms with Gasteiger partial charge in [0, 0.05) is 55.3 Å². The predicted octanol–water partition coefficient (Wildman–Crippen LogP) is 5.37. The topological polar surface area (TPSA) is 87.0 Å². The van der Waals surface area contributed by atoms with Gasteiger partial charge >= 0.3 is 6.03 Å². The molecule has 214 valence electrons. The lowest BCUT2D eigenvalue weighted by Crippen LogP contribution is -2.48. The maximum absolute atomic E-state index is 14.4. The van der Waals surface area contributed by atoms with E-state index in [2.05, 4.69) is 5.32 Å². The summed E-state index contributed by atoms with van der Waals surface area (Å²) >= 11 is 0. The van der Waals surface area contributed by atoms with Crippen molar-refractivity contribution in [2.75, 3.05) is 32.1 Å². The number of nitrogens with one attached hydrogen (secondary N) is 1. The Labute approximate surface area is 241 Å². The van der Waals surface area contributed by atoms with Gasteiger partial charge in [0.25, 0.3) is 5.91 Å². The van der Waals surface area contributed by atoms with E-state index in [0.29, 0.717) is 31.1 Å². The van der Waals surface area contributed by atoms with Crippen molar-refractivity contribution < 1.29 is 19.4 Å². The normalized spacial score (nSPS) is 18.3. The van der Waals surface area contributed by atoms with E-state index < -0.39 is 6.04 Å². The number of nitrogens with zero attached hydrogens (tertiary/aromatic N) is 3. The number of benzene rings is 3. The van der Waals surface area contributed by atoms with E-state index in [-0.39, 0.29) is 30.6 Å². The van der Waals surface area contributed by atoms with E-state index in [1.165, 1.54) is 0 Å². The lowest BCUT2D eigenvalue weighted by Gasteiger charge is -2.35. The molecule has 2 heterocycles. The predicted molar refractivity (Wildman–Crippen MR) is 162 cm³/mol. The Hall–Kier alpha value is -4.14. The van der Waals surface area contributed by atoms with Crippen molar-refractivity contribution in [3.63, 3.8) is 0 Å². The first-order chi connectivity index (χ1) is 19.8. The molecule has 0 unspecified atom stereocenters. The summed E-state index contributed by atoms with van der Waals surface area (Å²) < 4.78 is 8.55. The van der Waals surface area contributed by atoms with Crippen LogP contribution in [0.25, 0.3) is 22.0 Å². The molecular weight excluding hydrogens is 516 g/mol. The Morgan fingerprint density at radius 3 is 2.51 bits per heavy atom. The fourth-order valence-electron chi connectivity index (χ4n) is 5.62. The Morgan fingerprint density at radius 1 is 1.07 bits per heavy atom. The summed E-state index contributed by atoms with van der Waals surface area (Å²) in [6, 6.07) is 24.7. The second-order valence-electron chi connectivity index (χ2n) is 10.9. The summed E-state index contributed by atoms with van der Waals surface area (Å²) in [5.41, 5.74) is 5.04. The third-order valence-electron chi connectivity index (χ3n) is 8.05. The standard InChI is InChI=1S/C33H38N4O4/c1-22-18-37(23(2)20-38)32(39)31-30(27-16-10-11-17-28(27)36(31)4)26-15-9-8-12-24(26)21-41-29(22)19-35(3)33(40)34-25-13-6-5-7-14-25/h5-17,22-23,29,38H,18-21H2,1-4H3,(H,34,40)/t22-,23+,29-/m0/s1. The molecule has 0 saturated carbocycles. The third kappa shape index (κ3) is 5.71. The molecule has 3 atom stereocenters. The summed E-state index contributed by atoms with van der Waals surface area (Å²) in [5.74, 6) is -0.277. The number of aryl methyl sites for hydroxylation is 1. The Kier molecular flexibility index (Phi) is 8.42. The third-order valence-corrected chi connectivity index (χ3v) is 8.05. The molecule has 1 aliphatic heterocycles. The average Bonchev–Trinajstić information content (AvgIpc) is 3.28. The van der Waals surface area contributed by atoms with Gasteiger partial charge in [-0.05, 0) is 36.2 Å². The van der Waals surface area contributed by atoms with Gasteiger partial charge in [-0.15, -0.1) is 0 Å². The van der Waals surface area contributed by atoms with Crippen molar-refractivity contribution >= 4 is 28.5 Å². The number of ether oxygens (including phenoxy) is 1. The van der Waals surface area contributed by atoms with Gasteiger partial charge in [0.05, 0.1) is 25.4 Å². The fraction of sp³-hybridized carbons (Fsp3) is 0.333. The molecule has 0 spiro atoms. The monoisotopic (exact) mass is 554 g/mol. The minimum absolute atomic E-state index is 0.136. The summed E-state index contributed by atoms with van der Waals surface area (Å²) in [5, 5.41) is 14.1. The molecule has 0 saturated heterocycles. The highest BCUT2D eigenvalue weighted by molar-refractivity contribution is 6.10. The zero-order chi connectivity index (χ0) is 29.1. The molecule has 3 aromatic carbocycles. The molecule has 0 bridgehead atoms. The number of carbonyl (C=O) groups is 2. The second-order valence-corrected chi connectivity index (χ2v) is 10.9. The maximum atomic E-state index is 14.4. The van der Waals surface area contributed by atoms with Crippen LogP contribution in [0, 0.1) is 5.92 Å². The molecule has 1 aliphatic rings. The van der Waals surface area contributed by atoms with Crippen molar-refractivity contribution in [1.29, 1.82) is 0 Å². The van der Waals surface area contributed by atoms with Gasteiger partial charge in [-0.2, -0.15) is 0 Å². The van der Waals surface area contributed by atoms with Gasteiger partial charge in [-0.3, -0.25) is 4.79 Å². The number of para-hydroxylation sites is 2. The molecule has 41 heavy (non-hydrogen) atoms. The van der Waals surface area contributed by atoms with E-state index in [9.17, 15) is 14.7 Å². The summed E-state index contributed by atoms with van der Waals surface area (Å²) in [6.45, 7) is 4.73. The van der Waals surface area contributed by atoms with Crippen LogP contribution in [0.5, 0.6) is 0 Å². The van der Waals surface area contributed by atoms with Gasteiger partial charge in [-0.25, -0.2) is 4.79 Å². The highest BCUT2D eigenvalue weighted by Gasteiger charge is 2.34. The van der Waals surface area contributed by atoms with Crippen molar-refractivity contribution in [2.24, 2.45) is 13.0 Å². The van der Waals surface area contributed by atoms with Crippen LogP contribution in [-0.2, 0) is 18.4 Å². The maximum Gasteiger partial charge on any atom is 0.321 e. The number of urea groups is 1. The SMILES string of the molecule is C[C@H](CO)N1C[C@H](C)[C@H](CN(C)C(=O)Nc2ccccc2)OCc2ccccc2-c2c(n(C)c3ccccc23)C1=O. The summed E-state index contributed by atoms with van der Waals surface area (Å²) in [6.07, 6.45) is -0.367. The smallest absolute Gasteiger partial charge is 0.321 e. The van der Waals surface area contributed by atoms with E-state index in [4.69, 9.17) is 4.74 Å². The Bertz CT molecular complexity index is 1530. The highest BCUT2D eigenvalue weighted by atomic mass is 16.5. The van der Waals surface area contributed by atoms with Gasteiger partial charge in [0.15, 0.2) is 0 Å². The van der Waals surface area contributed by atoms with Gasteiger partial charge in [0.1, 0.15) is 5.69 Å². The Balaban J connectivity index is 1.55. The van der Waals surface area contributed by atoms with Crippen LogP contribution < -0.4 is 5.32 Å². The van der Waals surface area contributed by atoms with E-state index in [1.807, 2.05) is 104 Å². The first-order valence-corrected chi connectivity index (χ1v) is 14.1. The van der Waals surface area contributed by atoms with Crippen LogP contribution in [0.3, 0.4) is 0 Å². The number of hydrogen-bond acceptors (Lipinski definition) is 4. The van der Waals surface area contributed by atoms with Crippen LogP contribution in [0.2, 0.25) is 0 Å². The molecule has 1 aromatic heterocycles. The Morgan fingerprint density at radius 2 is 1.76 bits per heavy atom. The number of rotatable bonds is 5. The number of aliphatic hydroxyl groups is 1. The number of carbonyl (C=O) groups excluding carboxylic acids is 2. The van der Waals surface area contributed by atoms with Crippen LogP contribution >= 0.6 is 0 Å². The quantitative estimate of drug-likeness (QED) is 0.347. The lowest BCUT2D eigenvalue weighted by atomic mass is 9.96. The molecule has 8 heteroatoms. The van der Waals surface area contributed by atoms with E-state index in [1.54, 1.807) is 16.8 Å².